The van der Waals surface area contributed by atoms with E-state index in [0.717, 1.165) is 30.2 Å². The monoisotopic (exact) mass is 322 g/mol. The van der Waals surface area contributed by atoms with E-state index in [1.807, 2.05) is 36.4 Å². The average Bonchev–Trinajstić information content (AvgIpc) is 2.43. The first-order valence-corrected chi connectivity index (χ1v) is 8.07. The van der Waals surface area contributed by atoms with E-state index in [0.29, 0.717) is 0 Å². The normalized spacial score (nSPS) is 14.3. The SMILES string of the molecule is CC(C(=O)O)c1ccc2c(c1)Sc1ccc(Cl)cc1S2. The summed E-state index contributed by atoms with van der Waals surface area (Å²) in [5.74, 6) is -1.29. The molecule has 20 heavy (non-hydrogen) atoms. The zero-order chi connectivity index (χ0) is 14.3. The summed E-state index contributed by atoms with van der Waals surface area (Å²) in [6.07, 6.45) is 0. The Hall–Kier alpha value is -1.10. The Morgan fingerprint density at radius 3 is 2.30 bits per heavy atom. The van der Waals surface area contributed by atoms with E-state index < -0.39 is 11.9 Å². The third-order valence-electron chi connectivity index (χ3n) is 3.18. The van der Waals surface area contributed by atoms with Crippen molar-refractivity contribution in [1.82, 2.24) is 0 Å². The molecule has 2 aromatic carbocycles. The van der Waals surface area contributed by atoms with E-state index in [1.165, 1.54) is 0 Å². The molecule has 2 nitrogen and oxygen atoms in total. The van der Waals surface area contributed by atoms with Crippen molar-refractivity contribution >= 4 is 41.1 Å². The number of carboxylic acid groups (broad SMARTS) is 1. The lowest BCUT2D eigenvalue weighted by Crippen LogP contribution is -2.07. The highest BCUT2D eigenvalue weighted by Crippen LogP contribution is 2.49. The number of hydrogen-bond acceptors (Lipinski definition) is 3. The molecule has 5 heteroatoms. The molecule has 1 aliphatic heterocycles. The highest BCUT2D eigenvalue weighted by molar-refractivity contribution is 8.05. The number of fused-ring (bicyclic) bond motifs is 2. The molecule has 1 aliphatic rings. The molecule has 3 rings (SSSR count). The summed E-state index contributed by atoms with van der Waals surface area (Å²) < 4.78 is 0. The molecule has 1 atom stereocenters. The van der Waals surface area contributed by atoms with Crippen LogP contribution < -0.4 is 0 Å². The molecule has 0 aromatic heterocycles. The standard InChI is InChI=1S/C15H11ClO2S2/c1-8(15(17)18)9-2-4-11-13(6-9)19-12-5-3-10(16)7-14(12)20-11/h2-8H,1H3,(H,17,18). The van der Waals surface area contributed by atoms with Gasteiger partial charge in [-0.2, -0.15) is 0 Å². The Morgan fingerprint density at radius 2 is 1.65 bits per heavy atom. The fourth-order valence-electron chi connectivity index (χ4n) is 1.98. The highest BCUT2D eigenvalue weighted by atomic mass is 35.5. The molecule has 102 valence electrons. The molecule has 0 spiro atoms. The Morgan fingerprint density at radius 1 is 1.05 bits per heavy atom. The summed E-state index contributed by atoms with van der Waals surface area (Å²) in [6.45, 7) is 1.71. The Bertz CT molecular complexity index is 700. The predicted molar refractivity (Wildman–Crippen MR) is 82.2 cm³/mol. The van der Waals surface area contributed by atoms with E-state index in [1.54, 1.807) is 30.4 Å². The van der Waals surface area contributed by atoms with E-state index >= 15 is 0 Å². The summed E-state index contributed by atoms with van der Waals surface area (Å²) in [5, 5.41) is 9.83. The summed E-state index contributed by atoms with van der Waals surface area (Å²) in [7, 11) is 0. The van der Waals surface area contributed by atoms with Gasteiger partial charge in [-0.3, -0.25) is 4.79 Å². The van der Waals surface area contributed by atoms with Crippen molar-refractivity contribution in [3.63, 3.8) is 0 Å². The zero-order valence-corrected chi connectivity index (χ0v) is 13.0. The molecule has 0 radical (unpaired) electrons. The molecule has 1 N–H and O–H groups in total. The van der Waals surface area contributed by atoms with Crippen molar-refractivity contribution in [2.24, 2.45) is 0 Å². The van der Waals surface area contributed by atoms with E-state index in [2.05, 4.69) is 0 Å². The van der Waals surface area contributed by atoms with E-state index in [4.69, 9.17) is 16.7 Å². The molecule has 2 aromatic rings. The number of aliphatic carboxylic acids is 1. The van der Waals surface area contributed by atoms with Crippen molar-refractivity contribution in [1.29, 1.82) is 0 Å². The maximum Gasteiger partial charge on any atom is 0.310 e. The van der Waals surface area contributed by atoms with Crippen LogP contribution in [0.2, 0.25) is 5.02 Å². The lowest BCUT2D eigenvalue weighted by atomic mass is 10.0. The summed E-state index contributed by atoms with van der Waals surface area (Å²) >= 11 is 9.35. The van der Waals surface area contributed by atoms with Crippen LogP contribution in [-0.4, -0.2) is 11.1 Å². The molecule has 0 fully saturated rings. The smallest absolute Gasteiger partial charge is 0.310 e. The number of benzene rings is 2. The second-order valence-corrected chi connectivity index (χ2v) is 7.17. The van der Waals surface area contributed by atoms with Crippen LogP contribution in [0.5, 0.6) is 0 Å². The van der Waals surface area contributed by atoms with Crippen molar-refractivity contribution in [3.05, 3.63) is 47.0 Å². The minimum atomic E-state index is -0.800. The van der Waals surface area contributed by atoms with Crippen LogP contribution in [0.15, 0.2) is 56.0 Å². The van der Waals surface area contributed by atoms with Gasteiger partial charge in [0, 0.05) is 24.6 Å². The van der Waals surface area contributed by atoms with Gasteiger partial charge in [-0.25, -0.2) is 0 Å². The minimum absolute atomic E-state index is 0.488. The van der Waals surface area contributed by atoms with E-state index in [9.17, 15) is 4.79 Å². The number of carbonyl (C=O) groups is 1. The largest absolute Gasteiger partial charge is 0.481 e. The first kappa shape index (κ1) is 13.9. The van der Waals surface area contributed by atoms with Crippen LogP contribution in [0.4, 0.5) is 0 Å². The molecule has 0 saturated heterocycles. The quantitative estimate of drug-likeness (QED) is 0.708. The third kappa shape index (κ3) is 2.55. The van der Waals surface area contributed by atoms with Crippen LogP contribution in [-0.2, 0) is 4.79 Å². The fraction of sp³-hybridized carbons (Fsp3) is 0.133. The maximum absolute atomic E-state index is 11.1. The third-order valence-corrected chi connectivity index (χ3v) is 5.94. The van der Waals surface area contributed by atoms with Crippen LogP contribution in [0.3, 0.4) is 0 Å². The van der Waals surface area contributed by atoms with Gasteiger partial charge in [0.1, 0.15) is 0 Å². The predicted octanol–water partition coefficient (Wildman–Crippen LogP) is 5.14. The van der Waals surface area contributed by atoms with Gasteiger partial charge in [0.25, 0.3) is 0 Å². The summed E-state index contributed by atoms with van der Waals surface area (Å²) in [6, 6.07) is 11.7. The van der Waals surface area contributed by atoms with Gasteiger partial charge in [0.15, 0.2) is 0 Å². The lowest BCUT2D eigenvalue weighted by Gasteiger charge is -2.19. The summed E-state index contributed by atoms with van der Waals surface area (Å²) in [5.41, 5.74) is 0.835. The Balaban J connectivity index is 1.98. The number of rotatable bonds is 2. The van der Waals surface area contributed by atoms with Gasteiger partial charge >= 0.3 is 5.97 Å². The van der Waals surface area contributed by atoms with Crippen molar-refractivity contribution in [2.45, 2.75) is 32.4 Å². The van der Waals surface area contributed by atoms with Crippen LogP contribution >= 0.6 is 35.1 Å². The van der Waals surface area contributed by atoms with Gasteiger partial charge in [-0.1, -0.05) is 41.2 Å². The number of carboxylic acids is 1. The van der Waals surface area contributed by atoms with Crippen molar-refractivity contribution in [3.8, 4) is 0 Å². The molecule has 0 amide bonds. The number of halogens is 1. The minimum Gasteiger partial charge on any atom is -0.481 e. The zero-order valence-electron chi connectivity index (χ0n) is 10.6. The molecule has 1 unspecified atom stereocenters. The second kappa shape index (κ2) is 5.35. The second-order valence-electron chi connectivity index (χ2n) is 4.56. The molecule has 0 bridgehead atoms. The van der Waals surface area contributed by atoms with Crippen molar-refractivity contribution < 1.29 is 9.90 Å². The first-order valence-electron chi connectivity index (χ1n) is 6.06. The molecular formula is C15H11ClO2S2. The van der Waals surface area contributed by atoms with Gasteiger partial charge in [0.2, 0.25) is 0 Å². The highest BCUT2D eigenvalue weighted by Gasteiger charge is 2.20. The molecular weight excluding hydrogens is 312 g/mol. The Labute approximate surface area is 130 Å². The maximum atomic E-state index is 11.1. The van der Waals surface area contributed by atoms with Crippen molar-refractivity contribution in [2.75, 3.05) is 0 Å². The van der Waals surface area contributed by atoms with Crippen LogP contribution in [0, 0.1) is 0 Å². The van der Waals surface area contributed by atoms with Gasteiger partial charge < -0.3 is 5.11 Å². The molecule has 1 heterocycles. The number of hydrogen-bond donors (Lipinski definition) is 1. The topological polar surface area (TPSA) is 37.3 Å². The van der Waals surface area contributed by atoms with Crippen LogP contribution in [0.25, 0.3) is 0 Å². The summed E-state index contributed by atoms with van der Waals surface area (Å²) in [4.78, 5) is 15.6. The molecule has 0 saturated carbocycles. The van der Waals surface area contributed by atoms with Gasteiger partial charge in [-0.05, 0) is 42.8 Å². The van der Waals surface area contributed by atoms with Crippen LogP contribution in [0.1, 0.15) is 18.4 Å². The average molecular weight is 323 g/mol. The first-order chi connectivity index (χ1) is 9.54. The van der Waals surface area contributed by atoms with Gasteiger partial charge in [0.05, 0.1) is 5.92 Å². The Kier molecular flexibility index (Phi) is 3.71. The lowest BCUT2D eigenvalue weighted by molar-refractivity contribution is -0.138. The molecule has 0 aliphatic carbocycles. The van der Waals surface area contributed by atoms with Gasteiger partial charge in [-0.15, -0.1) is 0 Å². The van der Waals surface area contributed by atoms with E-state index in [-0.39, 0.29) is 0 Å². The fourth-order valence-corrected chi connectivity index (χ4v) is 4.50.